The molecule has 11 nitrogen and oxygen atoms in total. The summed E-state index contributed by atoms with van der Waals surface area (Å²) in [6.07, 6.45) is 0. The second-order valence-corrected chi connectivity index (χ2v) is 8.69. The quantitative estimate of drug-likeness (QED) is 0.400. The van der Waals surface area contributed by atoms with Crippen molar-refractivity contribution in [2.45, 2.75) is 9.79 Å². The molecule has 0 aliphatic rings. The van der Waals surface area contributed by atoms with E-state index >= 15 is 0 Å². The van der Waals surface area contributed by atoms with Crippen molar-refractivity contribution in [2.75, 3.05) is 10.6 Å². The molecule has 3 aromatic rings. The molecule has 2 aromatic carbocycles. The topological polar surface area (TPSA) is 171 Å². The predicted octanol–water partition coefficient (Wildman–Crippen LogP) is 2.51. The Morgan fingerprint density at radius 3 is 1.83 bits per heavy atom. The Hall–Kier alpha value is -2.84. The van der Waals surface area contributed by atoms with E-state index in [4.69, 9.17) is 20.7 Å². The van der Waals surface area contributed by atoms with Gasteiger partial charge in [-0.1, -0.05) is 6.07 Å². The van der Waals surface area contributed by atoms with Crippen LogP contribution in [0.4, 0.5) is 23.3 Å². The van der Waals surface area contributed by atoms with Gasteiger partial charge < -0.3 is 10.6 Å². The first-order chi connectivity index (χ1) is 13.5. The van der Waals surface area contributed by atoms with Crippen molar-refractivity contribution >= 4 is 55.1 Å². The number of hydrogen-bond acceptors (Lipinski definition) is 9. The lowest BCUT2D eigenvalue weighted by atomic mass is 10.3. The van der Waals surface area contributed by atoms with Gasteiger partial charge in [-0.3, -0.25) is 9.11 Å². The van der Waals surface area contributed by atoms with Crippen molar-refractivity contribution in [3.05, 3.63) is 53.8 Å². The van der Waals surface area contributed by atoms with Crippen LogP contribution in [-0.2, 0) is 20.2 Å². The standard InChI is InChI=1S/C15H12ClN5O6S2/c16-13-19-14(17-9-4-6-11(7-5-9)28(22,23)24)21-15(20-13)18-10-2-1-3-12(8-10)29(25,26)27/h1-8H,(H,22,23,24)(H,25,26,27)(H2,17,18,19,20,21). The number of benzene rings is 2. The number of rotatable bonds is 6. The molecule has 0 radical (unpaired) electrons. The highest BCUT2D eigenvalue weighted by molar-refractivity contribution is 7.86. The molecule has 0 spiro atoms. The number of halogens is 1. The monoisotopic (exact) mass is 457 g/mol. The molecule has 3 rings (SSSR count). The summed E-state index contributed by atoms with van der Waals surface area (Å²) in [4.78, 5) is 11.2. The second kappa shape index (κ2) is 7.88. The fraction of sp³-hybridized carbons (Fsp3) is 0. The van der Waals surface area contributed by atoms with Crippen LogP contribution in [0.15, 0.2) is 58.3 Å². The number of nitrogens with one attached hydrogen (secondary N) is 2. The van der Waals surface area contributed by atoms with Gasteiger partial charge in [-0.15, -0.1) is 0 Å². The molecule has 152 valence electrons. The van der Waals surface area contributed by atoms with Gasteiger partial charge in [-0.2, -0.15) is 31.8 Å². The van der Waals surface area contributed by atoms with Crippen molar-refractivity contribution in [2.24, 2.45) is 0 Å². The third kappa shape index (κ3) is 5.58. The lowest BCUT2D eigenvalue weighted by molar-refractivity contribution is 0.481. The third-order valence-electron chi connectivity index (χ3n) is 3.40. The smallest absolute Gasteiger partial charge is 0.294 e. The van der Waals surface area contributed by atoms with Crippen LogP contribution in [0, 0.1) is 0 Å². The second-order valence-electron chi connectivity index (χ2n) is 5.50. The molecule has 0 aliphatic carbocycles. The van der Waals surface area contributed by atoms with Gasteiger partial charge in [0.15, 0.2) is 0 Å². The van der Waals surface area contributed by atoms with Gasteiger partial charge in [-0.05, 0) is 54.1 Å². The van der Waals surface area contributed by atoms with E-state index in [0.29, 0.717) is 5.69 Å². The maximum Gasteiger partial charge on any atom is 0.294 e. The van der Waals surface area contributed by atoms with E-state index < -0.39 is 20.2 Å². The highest BCUT2D eigenvalue weighted by Crippen LogP contribution is 2.21. The Morgan fingerprint density at radius 1 is 0.724 bits per heavy atom. The minimum atomic E-state index is -4.38. The minimum absolute atomic E-state index is 0.0121. The third-order valence-corrected chi connectivity index (χ3v) is 5.29. The number of nitrogens with zero attached hydrogens (tertiary/aromatic N) is 3. The molecule has 0 unspecified atom stereocenters. The van der Waals surface area contributed by atoms with Crippen LogP contribution in [-0.4, -0.2) is 40.9 Å². The van der Waals surface area contributed by atoms with Crippen molar-refractivity contribution in [3.63, 3.8) is 0 Å². The SMILES string of the molecule is O=S(=O)(O)c1ccc(Nc2nc(Cl)nc(Nc3cccc(S(=O)(=O)O)c3)n2)cc1. The molecule has 0 amide bonds. The fourth-order valence-electron chi connectivity index (χ4n) is 2.16. The number of aromatic nitrogens is 3. The van der Waals surface area contributed by atoms with Gasteiger partial charge in [0.2, 0.25) is 17.2 Å². The molecule has 4 N–H and O–H groups in total. The van der Waals surface area contributed by atoms with Gasteiger partial charge in [0, 0.05) is 11.4 Å². The molecule has 29 heavy (non-hydrogen) atoms. The first-order valence-electron chi connectivity index (χ1n) is 7.61. The summed E-state index contributed by atoms with van der Waals surface area (Å²) in [6.45, 7) is 0. The zero-order valence-corrected chi connectivity index (χ0v) is 16.6. The van der Waals surface area contributed by atoms with Crippen LogP contribution in [0.1, 0.15) is 0 Å². The zero-order chi connectivity index (χ0) is 21.2. The first kappa shape index (κ1) is 20.9. The normalized spacial score (nSPS) is 11.8. The van der Waals surface area contributed by atoms with E-state index in [2.05, 4.69) is 25.6 Å². The Morgan fingerprint density at radius 2 is 1.28 bits per heavy atom. The highest BCUT2D eigenvalue weighted by atomic mass is 35.5. The summed E-state index contributed by atoms with van der Waals surface area (Å²) in [7, 11) is -8.70. The summed E-state index contributed by atoms with van der Waals surface area (Å²) >= 11 is 5.88. The fourth-order valence-corrected chi connectivity index (χ4v) is 3.33. The lowest BCUT2D eigenvalue weighted by Gasteiger charge is -2.09. The van der Waals surface area contributed by atoms with E-state index in [1.165, 1.54) is 48.5 Å². The minimum Gasteiger partial charge on any atom is -0.324 e. The van der Waals surface area contributed by atoms with Gasteiger partial charge in [-0.25, -0.2) is 0 Å². The highest BCUT2D eigenvalue weighted by Gasteiger charge is 2.12. The van der Waals surface area contributed by atoms with E-state index in [-0.39, 0.29) is 32.7 Å². The van der Waals surface area contributed by atoms with Gasteiger partial charge >= 0.3 is 0 Å². The Balaban J connectivity index is 1.83. The van der Waals surface area contributed by atoms with Crippen LogP contribution in [0.5, 0.6) is 0 Å². The average molecular weight is 458 g/mol. The van der Waals surface area contributed by atoms with Crippen molar-refractivity contribution in [3.8, 4) is 0 Å². The van der Waals surface area contributed by atoms with Crippen molar-refractivity contribution in [1.29, 1.82) is 0 Å². The van der Waals surface area contributed by atoms with Gasteiger partial charge in [0.05, 0.1) is 9.79 Å². The summed E-state index contributed by atoms with van der Waals surface area (Å²) in [5.41, 5.74) is 0.671. The summed E-state index contributed by atoms with van der Waals surface area (Å²) in [6, 6.07) is 10.4. The predicted molar refractivity (Wildman–Crippen MR) is 104 cm³/mol. The molecular formula is C15H12ClN5O6S2. The van der Waals surface area contributed by atoms with Crippen LogP contribution < -0.4 is 10.6 Å². The molecule has 0 bridgehead atoms. The molecule has 1 heterocycles. The summed E-state index contributed by atoms with van der Waals surface area (Å²) in [5, 5.41) is 5.35. The number of anilines is 4. The zero-order valence-electron chi connectivity index (χ0n) is 14.2. The Bertz CT molecular complexity index is 1270. The summed E-state index contributed by atoms with van der Waals surface area (Å²) < 4.78 is 62.7. The molecule has 0 aliphatic heterocycles. The van der Waals surface area contributed by atoms with Crippen LogP contribution in [0.25, 0.3) is 0 Å². The van der Waals surface area contributed by atoms with Crippen LogP contribution in [0.3, 0.4) is 0 Å². The molecule has 0 fully saturated rings. The maximum atomic E-state index is 11.2. The van der Waals surface area contributed by atoms with E-state index in [1.54, 1.807) is 0 Å². The Kier molecular flexibility index (Phi) is 5.68. The van der Waals surface area contributed by atoms with Gasteiger partial charge in [0.1, 0.15) is 0 Å². The largest absolute Gasteiger partial charge is 0.324 e. The number of hydrogen-bond donors (Lipinski definition) is 4. The maximum absolute atomic E-state index is 11.2. The average Bonchev–Trinajstić information content (AvgIpc) is 2.60. The molecule has 0 saturated carbocycles. The molecule has 0 atom stereocenters. The molecular weight excluding hydrogens is 446 g/mol. The van der Waals surface area contributed by atoms with E-state index in [9.17, 15) is 16.8 Å². The van der Waals surface area contributed by atoms with E-state index in [1.807, 2.05) is 0 Å². The lowest BCUT2D eigenvalue weighted by Crippen LogP contribution is -2.05. The van der Waals surface area contributed by atoms with Gasteiger partial charge in [0.25, 0.3) is 20.2 Å². The molecule has 14 heteroatoms. The van der Waals surface area contributed by atoms with E-state index in [0.717, 1.165) is 0 Å². The van der Waals surface area contributed by atoms with Crippen LogP contribution in [0.2, 0.25) is 5.28 Å². The van der Waals surface area contributed by atoms with Crippen LogP contribution >= 0.6 is 11.6 Å². The van der Waals surface area contributed by atoms with Crippen molar-refractivity contribution < 1.29 is 25.9 Å². The van der Waals surface area contributed by atoms with Crippen molar-refractivity contribution in [1.82, 2.24) is 15.0 Å². The molecule has 0 saturated heterocycles. The summed E-state index contributed by atoms with van der Waals surface area (Å²) in [5.74, 6) is -0.00687. The first-order valence-corrected chi connectivity index (χ1v) is 10.9. The molecule has 1 aromatic heterocycles. The Labute approximate surface area is 170 Å².